The summed E-state index contributed by atoms with van der Waals surface area (Å²) in [5.74, 6) is 0. The highest BCUT2D eigenvalue weighted by molar-refractivity contribution is 9.11. The molecule has 1 aromatic heterocycles. The first-order chi connectivity index (χ1) is 7.59. The molecule has 0 radical (unpaired) electrons. The number of aryl methyl sites for hydroxylation is 1. The van der Waals surface area contributed by atoms with Crippen molar-refractivity contribution in [3.63, 3.8) is 0 Å². The second-order valence-corrected chi connectivity index (χ2v) is 7.13. The van der Waals surface area contributed by atoms with Crippen molar-refractivity contribution in [2.24, 2.45) is 0 Å². The van der Waals surface area contributed by atoms with E-state index in [1.54, 1.807) is 0 Å². The average Bonchev–Trinajstić information content (AvgIpc) is 2.76. The lowest BCUT2D eigenvalue weighted by molar-refractivity contribution is 0.0207. The maximum absolute atomic E-state index is 5.74. The third-order valence-corrected chi connectivity index (χ3v) is 5.14. The van der Waals surface area contributed by atoms with Crippen LogP contribution in [0.4, 0.5) is 0 Å². The van der Waals surface area contributed by atoms with Gasteiger partial charge in [0.15, 0.2) is 0 Å². The molecule has 0 saturated carbocycles. The molecule has 1 aliphatic heterocycles. The average molecular weight is 304 g/mol. The zero-order valence-corrected chi connectivity index (χ0v) is 12.2. The highest BCUT2D eigenvalue weighted by Crippen LogP contribution is 2.28. The van der Waals surface area contributed by atoms with E-state index in [0.29, 0.717) is 0 Å². The maximum atomic E-state index is 5.74. The molecule has 90 valence electrons. The number of nitrogens with one attached hydrogen (secondary N) is 1. The molecule has 1 saturated heterocycles. The Bertz CT molecular complexity index is 338. The number of hydrogen-bond acceptors (Lipinski definition) is 3. The molecule has 16 heavy (non-hydrogen) atoms. The lowest BCUT2D eigenvalue weighted by atomic mass is 10.0. The smallest absolute Gasteiger partial charge is 0.0779 e. The number of hydrogen-bond donors (Lipinski definition) is 1. The third kappa shape index (κ3) is 3.06. The molecule has 1 aromatic rings. The molecule has 0 aromatic carbocycles. The van der Waals surface area contributed by atoms with Gasteiger partial charge in [-0.3, -0.25) is 0 Å². The molecule has 2 nitrogen and oxygen atoms in total. The van der Waals surface area contributed by atoms with E-state index in [1.807, 2.05) is 11.3 Å². The van der Waals surface area contributed by atoms with E-state index in [1.165, 1.54) is 27.1 Å². The van der Waals surface area contributed by atoms with Crippen LogP contribution in [0.1, 0.15) is 30.2 Å². The highest BCUT2D eigenvalue weighted by atomic mass is 79.9. The minimum absolute atomic E-state index is 0.0591. The van der Waals surface area contributed by atoms with Crippen LogP contribution in [0.25, 0.3) is 0 Å². The van der Waals surface area contributed by atoms with Crippen LogP contribution in [-0.4, -0.2) is 18.8 Å². The van der Waals surface area contributed by atoms with Crippen LogP contribution in [0, 0.1) is 6.92 Å². The molecule has 2 heterocycles. The first kappa shape index (κ1) is 12.6. The normalized spacial score (nSPS) is 25.2. The Balaban J connectivity index is 1.79. The summed E-state index contributed by atoms with van der Waals surface area (Å²) in [5, 5.41) is 3.49. The molecule has 1 N–H and O–H groups in total. The predicted octanol–water partition coefficient (Wildman–Crippen LogP) is 3.48. The van der Waals surface area contributed by atoms with E-state index < -0.39 is 0 Å². The predicted molar refractivity (Wildman–Crippen MR) is 72.1 cm³/mol. The van der Waals surface area contributed by atoms with Gasteiger partial charge in [0, 0.05) is 24.6 Å². The van der Waals surface area contributed by atoms with Crippen molar-refractivity contribution in [1.82, 2.24) is 5.32 Å². The van der Waals surface area contributed by atoms with Crippen molar-refractivity contribution in [3.8, 4) is 0 Å². The molecule has 2 rings (SSSR count). The molecule has 0 bridgehead atoms. The largest absolute Gasteiger partial charge is 0.374 e. The van der Waals surface area contributed by atoms with Crippen molar-refractivity contribution in [2.45, 2.75) is 38.8 Å². The minimum atomic E-state index is 0.0591. The summed E-state index contributed by atoms with van der Waals surface area (Å²) in [6, 6.07) is 2.24. The highest BCUT2D eigenvalue weighted by Gasteiger charge is 2.28. The number of rotatable bonds is 4. The summed E-state index contributed by atoms with van der Waals surface area (Å²) < 4.78 is 6.98. The molecule has 0 aliphatic carbocycles. The van der Waals surface area contributed by atoms with Gasteiger partial charge >= 0.3 is 0 Å². The summed E-state index contributed by atoms with van der Waals surface area (Å²) in [7, 11) is 0. The first-order valence-corrected chi connectivity index (χ1v) is 7.29. The fourth-order valence-electron chi connectivity index (χ4n) is 2.04. The van der Waals surface area contributed by atoms with Crippen LogP contribution >= 0.6 is 27.3 Å². The standard InChI is InChI=1S/C12H18BrNOS/c1-9-6-10(16-11(9)13)7-14-8-12(2)4-3-5-15-12/h6,14H,3-5,7-8H2,1-2H3. The van der Waals surface area contributed by atoms with E-state index in [4.69, 9.17) is 4.74 Å². The SMILES string of the molecule is Cc1cc(CNCC2(C)CCCO2)sc1Br. The van der Waals surface area contributed by atoms with Gasteiger partial charge in [-0.15, -0.1) is 11.3 Å². The minimum Gasteiger partial charge on any atom is -0.374 e. The van der Waals surface area contributed by atoms with Gasteiger partial charge in [0.05, 0.1) is 9.39 Å². The quantitative estimate of drug-likeness (QED) is 0.919. The van der Waals surface area contributed by atoms with E-state index in [0.717, 1.165) is 19.7 Å². The van der Waals surface area contributed by atoms with Gasteiger partial charge in [-0.1, -0.05) is 0 Å². The van der Waals surface area contributed by atoms with Crippen LogP contribution in [0.3, 0.4) is 0 Å². The topological polar surface area (TPSA) is 21.3 Å². The van der Waals surface area contributed by atoms with Gasteiger partial charge in [-0.25, -0.2) is 0 Å². The Hall–Kier alpha value is 0.100. The van der Waals surface area contributed by atoms with E-state index in [2.05, 4.69) is 41.2 Å². The Morgan fingerprint density at radius 1 is 1.62 bits per heavy atom. The van der Waals surface area contributed by atoms with Gasteiger partial charge in [0.25, 0.3) is 0 Å². The summed E-state index contributed by atoms with van der Waals surface area (Å²) in [6.45, 7) is 7.13. The molecule has 0 spiro atoms. The van der Waals surface area contributed by atoms with Crippen molar-refractivity contribution in [1.29, 1.82) is 0 Å². The zero-order valence-electron chi connectivity index (χ0n) is 9.81. The molecule has 1 atom stereocenters. The van der Waals surface area contributed by atoms with Crippen molar-refractivity contribution < 1.29 is 4.74 Å². The lowest BCUT2D eigenvalue weighted by Gasteiger charge is -2.23. The molecule has 0 amide bonds. The molecule has 4 heteroatoms. The lowest BCUT2D eigenvalue weighted by Crippen LogP contribution is -2.36. The third-order valence-electron chi connectivity index (χ3n) is 3.01. The monoisotopic (exact) mass is 303 g/mol. The van der Waals surface area contributed by atoms with Crippen molar-refractivity contribution >= 4 is 27.3 Å². The van der Waals surface area contributed by atoms with E-state index in [-0.39, 0.29) is 5.60 Å². The van der Waals surface area contributed by atoms with Crippen molar-refractivity contribution in [2.75, 3.05) is 13.2 Å². The summed E-state index contributed by atoms with van der Waals surface area (Å²) in [6.07, 6.45) is 2.37. The maximum Gasteiger partial charge on any atom is 0.0779 e. The second kappa shape index (κ2) is 5.17. The Morgan fingerprint density at radius 3 is 3.00 bits per heavy atom. The fourth-order valence-corrected chi connectivity index (χ4v) is 3.64. The number of thiophene rings is 1. The van der Waals surface area contributed by atoms with Gasteiger partial charge < -0.3 is 10.1 Å². The van der Waals surface area contributed by atoms with Gasteiger partial charge in [0.1, 0.15) is 0 Å². The summed E-state index contributed by atoms with van der Waals surface area (Å²) in [5.41, 5.74) is 1.38. The van der Waals surface area contributed by atoms with Crippen LogP contribution in [0.15, 0.2) is 9.85 Å². The summed E-state index contributed by atoms with van der Waals surface area (Å²) in [4.78, 5) is 1.38. The molecular weight excluding hydrogens is 286 g/mol. The van der Waals surface area contributed by atoms with Crippen molar-refractivity contribution in [3.05, 3.63) is 20.3 Å². The Morgan fingerprint density at radius 2 is 2.44 bits per heavy atom. The van der Waals surface area contributed by atoms with Crippen LogP contribution in [0.2, 0.25) is 0 Å². The van der Waals surface area contributed by atoms with Crippen LogP contribution in [-0.2, 0) is 11.3 Å². The first-order valence-electron chi connectivity index (χ1n) is 5.69. The van der Waals surface area contributed by atoms with Gasteiger partial charge in [-0.05, 0) is 54.2 Å². The molecule has 1 unspecified atom stereocenters. The number of ether oxygens (including phenoxy) is 1. The number of halogens is 1. The molecule has 1 aliphatic rings. The van der Waals surface area contributed by atoms with E-state index in [9.17, 15) is 0 Å². The van der Waals surface area contributed by atoms with Crippen LogP contribution in [0.5, 0.6) is 0 Å². The molecular formula is C12H18BrNOS. The fraction of sp³-hybridized carbons (Fsp3) is 0.667. The molecule has 1 fully saturated rings. The summed E-state index contributed by atoms with van der Waals surface area (Å²) >= 11 is 5.36. The van der Waals surface area contributed by atoms with E-state index >= 15 is 0 Å². The van der Waals surface area contributed by atoms with Crippen LogP contribution < -0.4 is 5.32 Å². The second-order valence-electron chi connectivity index (χ2n) is 4.67. The van der Waals surface area contributed by atoms with Gasteiger partial charge in [0.2, 0.25) is 0 Å². The Kier molecular flexibility index (Phi) is 4.06. The Labute approximate surface area is 110 Å². The zero-order chi connectivity index (χ0) is 11.6. The van der Waals surface area contributed by atoms with Gasteiger partial charge in [-0.2, -0.15) is 0 Å².